The number of hydrogen-bond donors (Lipinski definition) is 1. The van der Waals surface area contributed by atoms with Gasteiger partial charge in [-0.05, 0) is 35.7 Å². The lowest BCUT2D eigenvalue weighted by Gasteiger charge is -2.07. The zero-order valence-corrected chi connectivity index (χ0v) is 10.5. The number of anilines is 1. The van der Waals surface area contributed by atoms with Crippen molar-refractivity contribution in [1.82, 2.24) is 4.98 Å². The largest absolute Gasteiger partial charge is 0.322 e. The number of pyridine rings is 1. The highest BCUT2D eigenvalue weighted by Crippen LogP contribution is 2.19. The third-order valence-electron chi connectivity index (χ3n) is 3.01. The first-order valence-corrected chi connectivity index (χ1v) is 6.14. The van der Waals surface area contributed by atoms with Crippen molar-refractivity contribution in [2.75, 3.05) is 5.32 Å². The zero-order chi connectivity index (χ0) is 13.9. The van der Waals surface area contributed by atoms with E-state index in [-0.39, 0.29) is 11.7 Å². The van der Waals surface area contributed by atoms with Gasteiger partial charge in [-0.2, -0.15) is 0 Å². The summed E-state index contributed by atoms with van der Waals surface area (Å²) in [6.45, 7) is 0. The lowest BCUT2D eigenvalue weighted by molar-refractivity contribution is 0.102. The Balaban J connectivity index is 1.97. The van der Waals surface area contributed by atoms with E-state index in [9.17, 15) is 9.18 Å². The fourth-order valence-electron chi connectivity index (χ4n) is 2.08. The molecule has 0 unspecified atom stereocenters. The molecule has 1 N–H and O–H groups in total. The molecule has 3 rings (SSSR count). The van der Waals surface area contributed by atoms with E-state index in [0.29, 0.717) is 11.3 Å². The number of carbonyl (C=O) groups excluding carboxylic acids is 1. The van der Waals surface area contributed by atoms with Gasteiger partial charge < -0.3 is 5.32 Å². The van der Waals surface area contributed by atoms with Crippen molar-refractivity contribution in [3.05, 3.63) is 72.3 Å². The molecule has 98 valence electrons. The first-order chi connectivity index (χ1) is 9.74. The molecule has 0 saturated carbocycles. The maximum atomic E-state index is 13.1. The highest BCUT2D eigenvalue weighted by Gasteiger charge is 2.10. The second kappa shape index (κ2) is 5.09. The summed E-state index contributed by atoms with van der Waals surface area (Å²) >= 11 is 0. The van der Waals surface area contributed by atoms with Gasteiger partial charge in [0.2, 0.25) is 0 Å². The first-order valence-electron chi connectivity index (χ1n) is 6.14. The van der Waals surface area contributed by atoms with Crippen LogP contribution in [0, 0.1) is 5.82 Å². The molecule has 0 spiro atoms. The van der Waals surface area contributed by atoms with Gasteiger partial charge in [-0.1, -0.05) is 18.2 Å². The van der Waals surface area contributed by atoms with Crippen LogP contribution in [-0.2, 0) is 0 Å². The minimum Gasteiger partial charge on any atom is -0.322 e. The molecule has 0 atom stereocenters. The van der Waals surface area contributed by atoms with Crippen LogP contribution in [0.2, 0.25) is 0 Å². The SMILES string of the molecule is O=C(Nc1cccc(F)c1)c1cccc2ccncc12. The summed E-state index contributed by atoms with van der Waals surface area (Å²) in [6.07, 6.45) is 3.33. The molecule has 1 aromatic heterocycles. The van der Waals surface area contributed by atoms with Crippen molar-refractivity contribution >= 4 is 22.4 Å². The predicted molar refractivity (Wildman–Crippen MR) is 76.1 cm³/mol. The maximum absolute atomic E-state index is 13.1. The van der Waals surface area contributed by atoms with Gasteiger partial charge in [0.25, 0.3) is 5.91 Å². The molecule has 2 aromatic carbocycles. The average molecular weight is 266 g/mol. The fraction of sp³-hybridized carbons (Fsp3) is 0. The van der Waals surface area contributed by atoms with Crippen LogP contribution in [0.1, 0.15) is 10.4 Å². The van der Waals surface area contributed by atoms with E-state index in [1.54, 1.807) is 30.6 Å². The van der Waals surface area contributed by atoms with Gasteiger partial charge in [-0.25, -0.2) is 4.39 Å². The number of aromatic nitrogens is 1. The lowest BCUT2D eigenvalue weighted by Crippen LogP contribution is -2.12. The summed E-state index contributed by atoms with van der Waals surface area (Å²) in [5, 5.41) is 4.39. The summed E-state index contributed by atoms with van der Waals surface area (Å²) in [7, 11) is 0. The van der Waals surface area contributed by atoms with Crippen molar-refractivity contribution in [2.45, 2.75) is 0 Å². The van der Waals surface area contributed by atoms with Crippen LogP contribution < -0.4 is 5.32 Å². The summed E-state index contributed by atoms with van der Waals surface area (Å²) in [4.78, 5) is 16.3. The van der Waals surface area contributed by atoms with Gasteiger partial charge in [0.05, 0.1) is 0 Å². The molecule has 0 aliphatic carbocycles. The number of amides is 1. The number of nitrogens with zero attached hydrogens (tertiary/aromatic N) is 1. The molecule has 1 amide bonds. The topological polar surface area (TPSA) is 42.0 Å². The van der Waals surface area contributed by atoms with E-state index in [1.807, 2.05) is 18.2 Å². The van der Waals surface area contributed by atoms with Gasteiger partial charge >= 0.3 is 0 Å². The Morgan fingerprint density at radius 1 is 1.10 bits per heavy atom. The quantitative estimate of drug-likeness (QED) is 0.769. The van der Waals surface area contributed by atoms with Crippen molar-refractivity contribution < 1.29 is 9.18 Å². The Kier molecular flexibility index (Phi) is 3.13. The standard InChI is InChI=1S/C16H11FN2O/c17-12-4-2-5-13(9-12)19-16(20)14-6-1-3-11-7-8-18-10-15(11)14/h1-10H,(H,19,20). The van der Waals surface area contributed by atoms with E-state index >= 15 is 0 Å². The second-order valence-electron chi connectivity index (χ2n) is 4.37. The number of fused-ring (bicyclic) bond motifs is 1. The van der Waals surface area contributed by atoms with Gasteiger partial charge in [0.15, 0.2) is 0 Å². The first kappa shape index (κ1) is 12.3. The van der Waals surface area contributed by atoms with Crippen molar-refractivity contribution in [3.63, 3.8) is 0 Å². The number of hydrogen-bond acceptors (Lipinski definition) is 2. The molecule has 20 heavy (non-hydrogen) atoms. The number of nitrogens with one attached hydrogen (secondary N) is 1. The monoisotopic (exact) mass is 266 g/mol. The Labute approximate surface area is 115 Å². The summed E-state index contributed by atoms with van der Waals surface area (Å²) < 4.78 is 13.1. The summed E-state index contributed by atoms with van der Waals surface area (Å²) in [6, 6.07) is 13.1. The van der Waals surface area contributed by atoms with Crippen molar-refractivity contribution in [3.8, 4) is 0 Å². The van der Waals surface area contributed by atoms with Gasteiger partial charge in [0, 0.05) is 29.0 Å². The molecule has 0 bridgehead atoms. The Morgan fingerprint density at radius 2 is 1.95 bits per heavy atom. The lowest BCUT2D eigenvalue weighted by atomic mass is 10.1. The molecule has 0 radical (unpaired) electrons. The van der Waals surface area contributed by atoms with Crippen LogP contribution in [0.25, 0.3) is 10.8 Å². The highest BCUT2D eigenvalue weighted by atomic mass is 19.1. The molecule has 4 heteroatoms. The van der Waals surface area contributed by atoms with Crippen LogP contribution >= 0.6 is 0 Å². The maximum Gasteiger partial charge on any atom is 0.256 e. The summed E-state index contributed by atoms with van der Waals surface area (Å²) in [5.74, 6) is -0.670. The smallest absolute Gasteiger partial charge is 0.256 e. The molecule has 0 aliphatic heterocycles. The van der Waals surface area contributed by atoms with Gasteiger partial charge in [-0.3, -0.25) is 9.78 Å². The predicted octanol–water partition coefficient (Wildman–Crippen LogP) is 3.63. The van der Waals surface area contributed by atoms with Crippen LogP contribution in [0.15, 0.2) is 60.9 Å². The molecule has 3 nitrogen and oxygen atoms in total. The Bertz CT molecular complexity index is 781. The molecular formula is C16H11FN2O. The average Bonchev–Trinajstić information content (AvgIpc) is 2.46. The van der Waals surface area contributed by atoms with Crippen LogP contribution in [0.5, 0.6) is 0 Å². The third kappa shape index (κ3) is 2.36. The van der Waals surface area contributed by atoms with Gasteiger partial charge in [0.1, 0.15) is 5.82 Å². The molecule has 0 aliphatic rings. The number of halogens is 1. The zero-order valence-electron chi connectivity index (χ0n) is 10.5. The van der Waals surface area contributed by atoms with Crippen LogP contribution in [-0.4, -0.2) is 10.9 Å². The minimum absolute atomic E-state index is 0.283. The summed E-state index contributed by atoms with van der Waals surface area (Å²) in [5.41, 5.74) is 0.941. The molecule has 1 heterocycles. The minimum atomic E-state index is -0.387. The van der Waals surface area contributed by atoms with Crippen LogP contribution in [0.4, 0.5) is 10.1 Å². The highest BCUT2D eigenvalue weighted by molar-refractivity contribution is 6.12. The van der Waals surface area contributed by atoms with E-state index in [1.165, 1.54) is 12.1 Å². The normalized spacial score (nSPS) is 10.4. The van der Waals surface area contributed by atoms with E-state index in [0.717, 1.165) is 10.8 Å². The van der Waals surface area contributed by atoms with Crippen LogP contribution in [0.3, 0.4) is 0 Å². The van der Waals surface area contributed by atoms with Crippen molar-refractivity contribution in [1.29, 1.82) is 0 Å². The second-order valence-corrected chi connectivity index (χ2v) is 4.37. The molecular weight excluding hydrogens is 255 g/mol. The van der Waals surface area contributed by atoms with Crippen molar-refractivity contribution in [2.24, 2.45) is 0 Å². The Hall–Kier alpha value is -2.75. The van der Waals surface area contributed by atoms with E-state index in [2.05, 4.69) is 10.3 Å². The Morgan fingerprint density at radius 3 is 2.80 bits per heavy atom. The molecule has 0 fully saturated rings. The van der Waals surface area contributed by atoms with Gasteiger partial charge in [-0.15, -0.1) is 0 Å². The third-order valence-corrected chi connectivity index (χ3v) is 3.01. The van der Waals surface area contributed by atoms with E-state index in [4.69, 9.17) is 0 Å². The number of carbonyl (C=O) groups is 1. The molecule has 0 saturated heterocycles. The number of rotatable bonds is 2. The fourth-order valence-corrected chi connectivity index (χ4v) is 2.08. The number of benzene rings is 2. The van der Waals surface area contributed by atoms with E-state index < -0.39 is 0 Å². The molecule has 3 aromatic rings.